The fourth-order valence-corrected chi connectivity index (χ4v) is 1.50. The van der Waals surface area contributed by atoms with Crippen LogP contribution >= 0.6 is 0 Å². The SMILES string of the molecule is COC(=O)C(O)c1ccccc1-n1cncn1. The molecule has 0 saturated heterocycles. The molecule has 1 heterocycles. The van der Waals surface area contributed by atoms with Crippen LogP contribution in [-0.4, -0.2) is 33.0 Å². The fourth-order valence-electron chi connectivity index (χ4n) is 1.50. The highest BCUT2D eigenvalue weighted by Gasteiger charge is 2.21. The van der Waals surface area contributed by atoms with Gasteiger partial charge in [0, 0.05) is 5.56 Å². The monoisotopic (exact) mass is 233 g/mol. The van der Waals surface area contributed by atoms with Gasteiger partial charge in [0.25, 0.3) is 0 Å². The summed E-state index contributed by atoms with van der Waals surface area (Å²) in [5, 5.41) is 13.8. The summed E-state index contributed by atoms with van der Waals surface area (Å²) < 4.78 is 5.98. The smallest absolute Gasteiger partial charge is 0.339 e. The first-order valence-corrected chi connectivity index (χ1v) is 4.94. The van der Waals surface area contributed by atoms with Gasteiger partial charge in [-0.15, -0.1) is 0 Å². The number of aliphatic hydroxyl groups excluding tert-OH is 1. The van der Waals surface area contributed by atoms with E-state index >= 15 is 0 Å². The molecule has 0 amide bonds. The zero-order chi connectivity index (χ0) is 12.3. The quantitative estimate of drug-likeness (QED) is 0.780. The number of aliphatic hydroxyl groups is 1. The lowest BCUT2D eigenvalue weighted by Gasteiger charge is -2.13. The number of benzene rings is 1. The van der Waals surface area contributed by atoms with Crippen LogP contribution in [0.15, 0.2) is 36.9 Å². The third-order valence-corrected chi connectivity index (χ3v) is 2.32. The standard InChI is InChI=1S/C11H11N3O3/c1-17-11(16)10(15)8-4-2-3-5-9(8)14-7-12-6-13-14/h2-7,10,15H,1H3. The van der Waals surface area contributed by atoms with Gasteiger partial charge in [-0.3, -0.25) is 0 Å². The molecule has 1 aromatic heterocycles. The van der Waals surface area contributed by atoms with E-state index in [0.717, 1.165) is 0 Å². The Kier molecular flexibility index (Phi) is 3.15. The van der Waals surface area contributed by atoms with Gasteiger partial charge in [-0.25, -0.2) is 14.5 Å². The van der Waals surface area contributed by atoms with Crippen molar-refractivity contribution >= 4 is 5.97 Å². The summed E-state index contributed by atoms with van der Waals surface area (Å²) in [5.41, 5.74) is 1.01. The first-order chi connectivity index (χ1) is 8.24. The number of carbonyl (C=O) groups is 1. The van der Waals surface area contributed by atoms with Crippen LogP contribution in [0.4, 0.5) is 0 Å². The molecule has 0 radical (unpaired) electrons. The Hall–Kier alpha value is -2.21. The maximum atomic E-state index is 11.3. The van der Waals surface area contributed by atoms with Crippen molar-refractivity contribution in [1.29, 1.82) is 0 Å². The van der Waals surface area contributed by atoms with Gasteiger partial charge in [-0.05, 0) is 6.07 Å². The number of aromatic nitrogens is 3. The first kappa shape index (κ1) is 11.3. The van der Waals surface area contributed by atoms with Crippen LogP contribution in [0.2, 0.25) is 0 Å². The lowest BCUT2D eigenvalue weighted by Crippen LogP contribution is -2.16. The van der Waals surface area contributed by atoms with Gasteiger partial charge in [0.1, 0.15) is 12.7 Å². The maximum absolute atomic E-state index is 11.3. The number of hydrogen-bond donors (Lipinski definition) is 1. The fraction of sp³-hybridized carbons (Fsp3) is 0.182. The molecule has 0 saturated carbocycles. The minimum absolute atomic E-state index is 0.421. The molecule has 0 bridgehead atoms. The van der Waals surface area contributed by atoms with E-state index in [4.69, 9.17) is 0 Å². The van der Waals surface area contributed by atoms with Gasteiger partial charge >= 0.3 is 5.97 Å². The second-order valence-corrected chi connectivity index (χ2v) is 3.32. The number of para-hydroxylation sites is 1. The Bertz CT molecular complexity index is 510. The zero-order valence-corrected chi connectivity index (χ0v) is 9.15. The van der Waals surface area contributed by atoms with E-state index in [-0.39, 0.29) is 0 Å². The molecule has 0 aliphatic carbocycles. The molecule has 1 unspecified atom stereocenters. The van der Waals surface area contributed by atoms with Crippen LogP contribution in [0.25, 0.3) is 5.69 Å². The normalized spacial score (nSPS) is 12.1. The largest absolute Gasteiger partial charge is 0.467 e. The van der Waals surface area contributed by atoms with Crippen LogP contribution in [0.1, 0.15) is 11.7 Å². The first-order valence-electron chi connectivity index (χ1n) is 4.94. The molecule has 0 fully saturated rings. The maximum Gasteiger partial charge on any atom is 0.339 e. The topological polar surface area (TPSA) is 77.2 Å². The van der Waals surface area contributed by atoms with Crippen molar-refractivity contribution in [3.05, 3.63) is 42.5 Å². The summed E-state index contributed by atoms with van der Waals surface area (Å²) in [7, 11) is 1.23. The van der Waals surface area contributed by atoms with E-state index in [1.165, 1.54) is 24.4 Å². The van der Waals surface area contributed by atoms with Crippen molar-refractivity contribution in [3.8, 4) is 5.69 Å². The molecule has 17 heavy (non-hydrogen) atoms. The predicted molar refractivity (Wildman–Crippen MR) is 58.3 cm³/mol. The number of esters is 1. The van der Waals surface area contributed by atoms with E-state index in [0.29, 0.717) is 11.3 Å². The highest BCUT2D eigenvalue weighted by atomic mass is 16.5. The van der Waals surface area contributed by atoms with Crippen LogP contribution in [0.3, 0.4) is 0 Å². The van der Waals surface area contributed by atoms with E-state index in [1.54, 1.807) is 24.3 Å². The lowest BCUT2D eigenvalue weighted by molar-refractivity contribution is -0.150. The van der Waals surface area contributed by atoms with Crippen LogP contribution in [0, 0.1) is 0 Å². The van der Waals surface area contributed by atoms with Crippen molar-refractivity contribution in [2.45, 2.75) is 6.10 Å². The summed E-state index contributed by atoms with van der Waals surface area (Å²) in [5.74, 6) is -0.711. The number of hydrogen-bond acceptors (Lipinski definition) is 5. The Morgan fingerprint density at radius 3 is 2.88 bits per heavy atom. The Balaban J connectivity index is 2.44. The molecule has 1 N–H and O–H groups in total. The zero-order valence-electron chi connectivity index (χ0n) is 9.15. The van der Waals surface area contributed by atoms with Gasteiger partial charge in [0.05, 0.1) is 12.8 Å². The molecular formula is C11H11N3O3. The summed E-state index contributed by atoms with van der Waals surface area (Å²) in [6, 6.07) is 6.88. The molecule has 0 aliphatic rings. The molecular weight excluding hydrogens is 222 g/mol. The van der Waals surface area contributed by atoms with E-state index < -0.39 is 12.1 Å². The molecule has 0 spiro atoms. The molecule has 2 rings (SSSR count). The van der Waals surface area contributed by atoms with Gasteiger partial charge < -0.3 is 9.84 Å². The highest BCUT2D eigenvalue weighted by molar-refractivity contribution is 5.77. The highest BCUT2D eigenvalue weighted by Crippen LogP contribution is 2.21. The number of carbonyl (C=O) groups excluding carboxylic acids is 1. The molecule has 6 nitrogen and oxygen atoms in total. The molecule has 1 aromatic carbocycles. The molecule has 2 aromatic rings. The van der Waals surface area contributed by atoms with Gasteiger partial charge in [0.15, 0.2) is 6.10 Å². The van der Waals surface area contributed by atoms with Crippen LogP contribution < -0.4 is 0 Å². The average Bonchev–Trinajstić information content (AvgIpc) is 2.90. The van der Waals surface area contributed by atoms with E-state index in [9.17, 15) is 9.90 Å². The molecule has 88 valence electrons. The summed E-state index contributed by atoms with van der Waals surface area (Å²) in [6.07, 6.45) is 1.53. The number of ether oxygens (including phenoxy) is 1. The minimum Gasteiger partial charge on any atom is -0.467 e. The number of methoxy groups -OCH3 is 1. The average molecular weight is 233 g/mol. The lowest BCUT2D eigenvalue weighted by atomic mass is 10.1. The van der Waals surface area contributed by atoms with Gasteiger partial charge in [0.2, 0.25) is 0 Å². The predicted octanol–water partition coefficient (Wildman–Crippen LogP) is 0.474. The number of rotatable bonds is 3. The van der Waals surface area contributed by atoms with Crippen molar-refractivity contribution in [2.24, 2.45) is 0 Å². The summed E-state index contributed by atoms with van der Waals surface area (Å²) in [6.45, 7) is 0. The summed E-state index contributed by atoms with van der Waals surface area (Å²) in [4.78, 5) is 15.1. The van der Waals surface area contributed by atoms with E-state index in [1.807, 2.05) is 0 Å². The third-order valence-electron chi connectivity index (χ3n) is 2.32. The second-order valence-electron chi connectivity index (χ2n) is 3.32. The van der Waals surface area contributed by atoms with Crippen molar-refractivity contribution in [2.75, 3.05) is 7.11 Å². The Morgan fingerprint density at radius 2 is 2.24 bits per heavy atom. The summed E-state index contributed by atoms with van der Waals surface area (Å²) >= 11 is 0. The third kappa shape index (κ3) is 2.16. The van der Waals surface area contributed by atoms with Crippen molar-refractivity contribution in [3.63, 3.8) is 0 Å². The number of nitrogens with zero attached hydrogens (tertiary/aromatic N) is 3. The van der Waals surface area contributed by atoms with Gasteiger partial charge in [-0.2, -0.15) is 5.10 Å². The van der Waals surface area contributed by atoms with Crippen molar-refractivity contribution in [1.82, 2.24) is 14.8 Å². The van der Waals surface area contributed by atoms with Gasteiger partial charge in [-0.1, -0.05) is 18.2 Å². The Labute approximate surface area is 97.5 Å². The van der Waals surface area contributed by atoms with Crippen LogP contribution in [0.5, 0.6) is 0 Å². The van der Waals surface area contributed by atoms with E-state index in [2.05, 4.69) is 14.8 Å². The second kappa shape index (κ2) is 4.75. The minimum atomic E-state index is -1.33. The Morgan fingerprint density at radius 1 is 1.47 bits per heavy atom. The van der Waals surface area contributed by atoms with Crippen molar-refractivity contribution < 1.29 is 14.6 Å². The van der Waals surface area contributed by atoms with Crippen LogP contribution in [-0.2, 0) is 9.53 Å². The molecule has 6 heteroatoms. The molecule has 0 aliphatic heterocycles. The molecule has 1 atom stereocenters.